The third-order valence-corrected chi connectivity index (χ3v) is 5.43. The molecule has 0 amide bonds. The van der Waals surface area contributed by atoms with Gasteiger partial charge in [-0.3, -0.25) is 0 Å². The Balaban J connectivity index is 1.15. The van der Waals surface area contributed by atoms with Crippen LogP contribution in [0.2, 0.25) is 0 Å². The highest BCUT2D eigenvalue weighted by Gasteiger charge is 2.37. The highest BCUT2D eigenvalue weighted by Crippen LogP contribution is 2.40. The summed E-state index contributed by atoms with van der Waals surface area (Å²) < 4.78 is 0. The zero-order valence-electron chi connectivity index (χ0n) is 14.1. The van der Waals surface area contributed by atoms with Crippen LogP contribution in [0.3, 0.4) is 0 Å². The quantitative estimate of drug-likeness (QED) is 0.886. The van der Waals surface area contributed by atoms with Crippen molar-refractivity contribution in [2.45, 2.75) is 37.6 Å². The van der Waals surface area contributed by atoms with Crippen LogP contribution in [-0.4, -0.2) is 35.6 Å². The Morgan fingerprint density at radius 1 is 1.00 bits per heavy atom. The van der Waals surface area contributed by atoms with Gasteiger partial charge in [-0.25, -0.2) is 9.97 Å². The molecule has 0 spiro atoms. The normalized spacial score (nSPS) is 24.1. The van der Waals surface area contributed by atoms with Crippen LogP contribution >= 0.6 is 0 Å². The van der Waals surface area contributed by atoms with Crippen molar-refractivity contribution in [3.8, 4) is 0 Å². The molecule has 1 aliphatic heterocycles. The number of rotatable bonds is 6. The number of nitrogens with zero attached hydrogens (tertiary/aromatic N) is 3. The lowest BCUT2D eigenvalue weighted by Crippen LogP contribution is -2.35. The van der Waals surface area contributed by atoms with E-state index >= 15 is 0 Å². The van der Waals surface area contributed by atoms with E-state index in [1.807, 2.05) is 18.5 Å². The number of hydrogen-bond donors (Lipinski definition) is 1. The molecule has 126 valence electrons. The van der Waals surface area contributed by atoms with Gasteiger partial charge in [0.1, 0.15) is 0 Å². The molecule has 1 aliphatic carbocycles. The van der Waals surface area contributed by atoms with Crippen molar-refractivity contribution in [2.24, 2.45) is 5.92 Å². The first kappa shape index (κ1) is 15.6. The molecular formula is C20H26N4. The van der Waals surface area contributed by atoms with Crippen molar-refractivity contribution >= 4 is 5.95 Å². The van der Waals surface area contributed by atoms with Gasteiger partial charge in [0.25, 0.3) is 0 Å². The first-order valence-corrected chi connectivity index (χ1v) is 9.20. The average molecular weight is 322 g/mol. The van der Waals surface area contributed by atoms with Gasteiger partial charge in [-0.1, -0.05) is 30.3 Å². The van der Waals surface area contributed by atoms with Crippen LogP contribution in [-0.2, 0) is 0 Å². The maximum Gasteiger partial charge on any atom is 0.225 e. The highest BCUT2D eigenvalue weighted by atomic mass is 15.2. The minimum Gasteiger partial charge on any atom is -0.341 e. The molecule has 1 N–H and O–H groups in total. The first-order valence-electron chi connectivity index (χ1n) is 9.20. The zero-order chi connectivity index (χ0) is 16.2. The van der Waals surface area contributed by atoms with E-state index in [1.165, 1.54) is 31.2 Å². The third-order valence-electron chi connectivity index (χ3n) is 5.43. The minimum atomic E-state index is 0.699. The third kappa shape index (κ3) is 3.75. The van der Waals surface area contributed by atoms with E-state index in [9.17, 15) is 0 Å². The smallest absolute Gasteiger partial charge is 0.225 e. The molecule has 2 heterocycles. The van der Waals surface area contributed by atoms with Crippen LogP contribution in [0.25, 0.3) is 0 Å². The van der Waals surface area contributed by atoms with Crippen molar-refractivity contribution in [1.82, 2.24) is 15.3 Å². The van der Waals surface area contributed by atoms with Gasteiger partial charge in [-0.15, -0.1) is 0 Å². The van der Waals surface area contributed by atoms with Crippen LogP contribution in [0.15, 0.2) is 48.8 Å². The fourth-order valence-corrected chi connectivity index (χ4v) is 3.84. The van der Waals surface area contributed by atoms with Crippen LogP contribution in [0.5, 0.6) is 0 Å². The summed E-state index contributed by atoms with van der Waals surface area (Å²) in [5, 5.41) is 3.76. The van der Waals surface area contributed by atoms with Crippen molar-refractivity contribution in [3.63, 3.8) is 0 Å². The van der Waals surface area contributed by atoms with Crippen LogP contribution in [0.1, 0.15) is 37.2 Å². The van der Waals surface area contributed by atoms with E-state index in [0.717, 1.165) is 37.4 Å². The summed E-state index contributed by atoms with van der Waals surface area (Å²) in [6.07, 6.45) is 8.77. The summed E-state index contributed by atoms with van der Waals surface area (Å²) in [5.41, 5.74) is 1.49. The summed E-state index contributed by atoms with van der Waals surface area (Å²) in [4.78, 5) is 11.0. The summed E-state index contributed by atoms with van der Waals surface area (Å²) in [6.45, 7) is 3.33. The molecule has 1 saturated heterocycles. The van der Waals surface area contributed by atoms with Crippen LogP contribution < -0.4 is 10.2 Å². The standard InChI is InChI=1S/C20H26N4/c1-2-5-17(6-3-1)18-15-19(18)21-12-7-16-8-13-24(14-9-16)20-22-10-4-11-23-20/h1-6,10-11,16,18-19,21H,7-9,12-15H2. The van der Waals surface area contributed by atoms with Crippen LogP contribution in [0, 0.1) is 5.92 Å². The van der Waals surface area contributed by atoms with E-state index < -0.39 is 0 Å². The predicted molar refractivity (Wildman–Crippen MR) is 97.2 cm³/mol. The summed E-state index contributed by atoms with van der Waals surface area (Å²) in [5.74, 6) is 2.47. The molecule has 1 saturated carbocycles. The van der Waals surface area contributed by atoms with Gasteiger partial charge in [-0.05, 0) is 49.8 Å². The van der Waals surface area contributed by atoms with Crippen molar-refractivity contribution in [3.05, 3.63) is 54.4 Å². The molecule has 1 aromatic carbocycles. The summed E-state index contributed by atoms with van der Waals surface area (Å²) in [6, 6.07) is 13.5. The van der Waals surface area contributed by atoms with E-state index in [0.29, 0.717) is 6.04 Å². The summed E-state index contributed by atoms with van der Waals surface area (Å²) in [7, 11) is 0. The number of nitrogens with one attached hydrogen (secondary N) is 1. The molecule has 2 fully saturated rings. The van der Waals surface area contributed by atoms with Gasteiger partial charge in [0.15, 0.2) is 0 Å². The number of aromatic nitrogens is 2. The lowest BCUT2D eigenvalue weighted by Gasteiger charge is -2.32. The number of anilines is 1. The zero-order valence-corrected chi connectivity index (χ0v) is 14.1. The van der Waals surface area contributed by atoms with Gasteiger partial charge in [0.05, 0.1) is 0 Å². The highest BCUT2D eigenvalue weighted by molar-refractivity contribution is 5.29. The Kier molecular flexibility index (Phi) is 4.74. The Morgan fingerprint density at radius 2 is 1.75 bits per heavy atom. The van der Waals surface area contributed by atoms with E-state index in [-0.39, 0.29) is 0 Å². The second kappa shape index (κ2) is 7.31. The van der Waals surface area contributed by atoms with Gasteiger partial charge >= 0.3 is 0 Å². The SMILES string of the molecule is c1ccc(C2CC2NCCC2CCN(c3ncccn3)CC2)cc1. The van der Waals surface area contributed by atoms with Gasteiger partial charge < -0.3 is 10.2 Å². The Morgan fingerprint density at radius 3 is 2.50 bits per heavy atom. The van der Waals surface area contributed by atoms with Gasteiger partial charge in [-0.2, -0.15) is 0 Å². The Labute approximate surface area is 144 Å². The fourth-order valence-electron chi connectivity index (χ4n) is 3.84. The number of hydrogen-bond acceptors (Lipinski definition) is 4. The second-order valence-corrected chi connectivity index (χ2v) is 7.08. The molecule has 4 rings (SSSR count). The van der Waals surface area contributed by atoms with Gasteiger partial charge in [0.2, 0.25) is 5.95 Å². The van der Waals surface area contributed by atoms with Gasteiger partial charge in [0, 0.05) is 37.4 Å². The topological polar surface area (TPSA) is 41.0 Å². The van der Waals surface area contributed by atoms with Crippen molar-refractivity contribution < 1.29 is 0 Å². The largest absolute Gasteiger partial charge is 0.341 e. The lowest BCUT2D eigenvalue weighted by atomic mass is 9.93. The van der Waals surface area contributed by atoms with E-state index in [2.05, 4.69) is 50.5 Å². The van der Waals surface area contributed by atoms with Crippen molar-refractivity contribution in [1.29, 1.82) is 0 Å². The first-order chi connectivity index (χ1) is 11.9. The number of piperidine rings is 1. The summed E-state index contributed by atoms with van der Waals surface area (Å²) >= 11 is 0. The maximum absolute atomic E-state index is 4.36. The molecule has 0 bridgehead atoms. The second-order valence-electron chi connectivity index (χ2n) is 7.08. The lowest BCUT2D eigenvalue weighted by molar-refractivity contribution is 0.370. The molecule has 2 aromatic rings. The van der Waals surface area contributed by atoms with Crippen molar-refractivity contribution in [2.75, 3.05) is 24.5 Å². The maximum atomic E-state index is 4.36. The van der Waals surface area contributed by atoms with E-state index in [1.54, 1.807) is 0 Å². The molecule has 2 aliphatic rings. The molecular weight excluding hydrogens is 296 g/mol. The number of benzene rings is 1. The molecule has 4 heteroatoms. The molecule has 0 radical (unpaired) electrons. The van der Waals surface area contributed by atoms with Crippen LogP contribution in [0.4, 0.5) is 5.95 Å². The average Bonchev–Trinajstić information content (AvgIpc) is 3.43. The molecule has 2 unspecified atom stereocenters. The molecule has 24 heavy (non-hydrogen) atoms. The monoisotopic (exact) mass is 322 g/mol. The van der Waals surface area contributed by atoms with E-state index in [4.69, 9.17) is 0 Å². The molecule has 2 atom stereocenters. The minimum absolute atomic E-state index is 0.699. The fraction of sp³-hybridized carbons (Fsp3) is 0.500. The molecule has 1 aromatic heterocycles. The Bertz CT molecular complexity index is 623. The Hall–Kier alpha value is -1.94. The predicted octanol–water partition coefficient (Wildman–Crippen LogP) is 3.23. The molecule has 4 nitrogen and oxygen atoms in total.